The second kappa shape index (κ2) is 40.1. The van der Waals surface area contributed by atoms with Crippen molar-refractivity contribution in [3.8, 4) is 0 Å². The molecule has 0 bridgehead atoms. The van der Waals surface area contributed by atoms with Crippen LogP contribution in [-0.2, 0) is 32.7 Å². The summed E-state index contributed by atoms with van der Waals surface area (Å²) in [6.07, 6.45) is 48.3. The average molecular weight is 837 g/mol. The Morgan fingerprint density at radius 2 is 0.966 bits per heavy atom. The van der Waals surface area contributed by atoms with Gasteiger partial charge in [-0.2, -0.15) is 0 Å². The van der Waals surface area contributed by atoms with Crippen LogP contribution >= 0.6 is 7.82 Å². The maximum Gasteiger partial charge on any atom is 0.472 e. The summed E-state index contributed by atoms with van der Waals surface area (Å²) < 4.78 is 34.3. The number of nitrogens with zero attached hydrogens (tertiary/aromatic N) is 1. The van der Waals surface area contributed by atoms with E-state index in [-0.39, 0.29) is 32.0 Å². The molecule has 1 unspecified atom stereocenters. The van der Waals surface area contributed by atoms with Crippen LogP contribution in [0.5, 0.6) is 0 Å². The smallest absolute Gasteiger partial charge is 0.462 e. The van der Waals surface area contributed by atoms with Crippen LogP contribution in [0.25, 0.3) is 0 Å². The maximum atomic E-state index is 12.7. The average Bonchev–Trinajstić information content (AvgIpc) is 3.17. The van der Waals surface area contributed by atoms with Crippen molar-refractivity contribution in [1.82, 2.24) is 0 Å². The third kappa shape index (κ3) is 43.3. The first-order valence-electron chi connectivity index (χ1n) is 23.0. The lowest BCUT2D eigenvalue weighted by Crippen LogP contribution is -2.37. The largest absolute Gasteiger partial charge is 0.472 e. The first kappa shape index (κ1) is 55.7. The van der Waals surface area contributed by atoms with E-state index in [9.17, 15) is 19.0 Å². The zero-order valence-corrected chi connectivity index (χ0v) is 38.7. The molecule has 0 spiro atoms. The standard InChI is InChI=1S/C48H86NO8P/c1-6-8-10-12-14-16-18-20-22-24-26-28-30-32-34-36-38-40-47(50)54-44-46(45-56-58(52,53)55-43-42-49(3,4)5)57-48(51)41-39-37-35-33-31-29-27-25-23-21-19-17-15-13-11-9-7-2/h11,13,16-19,23,25,29,31,46H,6-10,12,14-15,20-22,24,26-28,30,32-45H2,1-5H3/p+1/b13-11+,18-16+,19-17+,25-23+,31-29+/t46-/m1/s1. The number of unbranched alkanes of at least 4 members (excludes halogenated alkanes) is 17. The van der Waals surface area contributed by atoms with E-state index in [1.807, 2.05) is 21.1 Å². The van der Waals surface area contributed by atoms with Gasteiger partial charge < -0.3 is 18.9 Å². The maximum absolute atomic E-state index is 12.7. The summed E-state index contributed by atoms with van der Waals surface area (Å²) in [5, 5.41) is 0. The van der Waals surface area contributed by atoms with E-state index in [0.717, 1.165) is 64.2 Å². The highest BCUT2D eigenvalue weighted by Gasteiger charge is 2.27. The molecule has 0 aliphatic rings. The number of carbonyl (C=O) groups is 2. The van der Waals surface area contributed by atoms with Gasteiger partial charge in [-0.15, -0.1) is 0 Å². The second-order valence-corrected chi connectivity index (χ2v) is 17.9. The summed E-state index contributed by atoms with van der Waals surface area (Å²) >= 11 is 0. The molecule has 9 nitrogen and oxygen atoms in total. The van der Waals surface area contributed by atoms with Gasteiger partial charge in [-0.05, 0) is 77.0 Å². The number of rotatable bonds is 41. The Bertz CT molecular complexity index is 1170. The highest BCUT2D eigenvalue weighted by molar-refractivity contribution is 7.47. The van der Waals surface area contributed by atoms with Crippen LogP contribution in [-0.4, -0.2) is 74.9 Å². The fourth-order valence-corrected chi connectivity index (χ4v) is 6.62. The minimum atomic E-state index is -4.39. The molecule has 10 heteroatoms. The summed E-state index contributed by atoms with van der Waals surface area (Å²) in [5.74, 6) is -0.839. The molecule has 0 amide bonds. The Labute approximate surface area is 356 Å². The molecule has 0 aromatic carbocycles. The van der Waals surface area contributed by atoms with Gasteiger partial charge in [0.25, 0.3) is 0 Å². The van der Waals surface area contributed by atoms with Gasteiger partial charge in [-0.1, -0.05) is 152 Å². The van der Waals surface area contributed by atoms with Gasteiger partial charge in [0.15, 0.2) is 6.10 Å². The fraction of sp³-hybridized carbons (Fsp3) is 0.750. The van der Waals surface area contributed by atoms with Gasteiger partial charge in [-0.25, -0.2) is 4.57 Å². The number of likely N-dealkylation sites (N-methyl/N-ethyl adjacent to an activating group) is 1. The molecule has 0 aromatic heterocycles. The van der Waals surface area contributed by atoms with Crippen molar-refractivity contribution in [2.75, 3.05) is 47.5 Å². The third-order valence-corrected chi connectivity index (χ3v) is 10.5. The first-order valence-corrected chi connectivity index (χ1v) is 24.5. The van der Waals surface area contributed by atoms with Crippen molar-refractivity contribution >= 4 is 19.8 Å². The van der Waals surface area contributed by atoms with Gasteiger partial charge in [0.2, 0.25) is 0 Å². The topological polar surface area (TPSA) is 108 Å². The Hall–Kier alpha value is -2.29. The highest BCUT2D eigenvalue weighted by atomic mass is 31.2. The second-order valence-electron chi connectivity index (χ2n) is 16.4. The Morgan fingerprint density at radius 1 is 0.534 bits per heavy atom. The van der Waals surface area contributed by atoms with E-state index in [0.29, 0.717) is 17.4 Å². The van der Waals surface area contributed by atoms with E-state index in [1.165, 1.54) is 83.5 Å². The minimum absolute atomic E-state index is 0.0227. The monoisotopic (exact) mass is 837 g/mol. The summed E-state index contributed by atoms with van der Waals surface area (Å²) in [4.78, 5) is 35.4. The van der Waals surface area contributed by atoms with Crippen LogP contribution in [0.1, 0.15) is 181 Å². The molecule has 0 fully saturated rings. The van der Waals surface area contributed by atoms with Crippen LogP contribution in [0.4, 0.5) is 0 Å². The van der Waals surface area contributed by atoms with Crippen molar-refractivity contribution in [3.05, 3.63) is 60.8 Å². The fourth-order valence-electron chi connectivity index (χ4n) is 5.88. The molecule has 0 saturated heterocycles. The Kier molecular flexibility index (Phi) is 38.5. The number of ether oxygens (including phenoxy) is 2. The van der Waals surface area contributed by atoms with Gasteiger partial charge in [0.1, 0.15) is 19.8 Å². The summed E-state index contributed by atoms with van der Waals surface area (Å²) in [6.45, 7) is 4.30. The number of carbonyl (C=O) groups excluding carboxylic acids is 2. The van der Waals surface area contributed by atoms with Crippen molar-refractivity contribution in [2.45, 2.75) is 187 Å². The molecule has 0 radical (unpaired) electrons. The minimum Gasteiger partial charge on any atom is -0.462 e. The van der Waals surface area contributed by atoms with E-state index in [2.05, 4.69) is 74.6 Å². The zero-order chi connectivity index (χ0) is 42.8. The molecule has 336 valence electrons. The van der Waals surface area contributed by atoms with Crippen LogP contribution in [0, 0.1) is 0 Å². The normalized spacial score (nSPS) is 14.1. The van der Waals surface area contributed by atoms with Crippen molar-refractivity contribution < 1.29 is 42.1 Å². The molecule has 0 aromatic rings. The summed E-state index contributed by atoms with van der Waals surface area (Å²) in [6, 6.07) is 0. The van der Waals surface area contributed by atoms with E-state index in [4.69, 9.17) is 18.5 Å². The molecule has 2 atom stereocenters. The number of phosphoric acid groups is 1. The molecule has 0 rings (SSSR count). The number of quaternary nitrogens is 1. The van der Waals surface area contributed by atoms with Gasteiger partial charge in [0, 0.05) is 12.8 Å². The molecule has 0 aliphatic carbocycles. The van der Waals surface area contributed by atoms with Crippen LogP contribution in [0.3, 0.4) is 0 Å². The molecular formula is C48H87NO8P+. The third-order valence-electron chi connectivity index (χ3n) is 9.50. The lowest BCUT2D eigenvalue weighted by Gasteiger charge is -2.24. The molecule has 0 saturated carbocycles. The van der Waals surface area contributed by atoms with Gasteiger partial charge in [0.05, 0.1) is 27.7 Å². The van der Waals surface area contributed by atoms with Gasteiger partial charge >= 0.3 is 19.8 Å². The van der Waals surface area contributed by atoms with Gasteiger partial charge in [-0.3, -0.25) is 18.6 Å². The number of hydrogen-bond acceptors (Lipinski definition) is 7. The highest BCUT2D eigenvalue weighted by Crippen LogP contribution is 2.43. The lowest BCUT2D eigenvalue weighted by atomic mass is 10.1. The number of phosphoric ester groups is 1. The van der Waals surface area contributed by atoms with Crippen molar-refractivity contribution in [3.63, 3.8) is 0 Å². The Balaban J connectivity index is 4.40. The first-order chi connectivity index (χ1) is 28.0. The summed E-state index contributed by atoms with van der Waals surface area (Å²) in [5.41, 5.74) is 0. The van der Waals surface area contributed by atoms with Crippen LogP contribution in [0.15, 0.2) is 60.8 Å². The van der Waals surface area contributed by atoms with Crippen molar-refractivity contribution in [1.29, 1.82) is 0 Å². The molecular weight excluding hydrogens is 750 g/mol. The molecule has 0 aliphatic heterocycles. The van der Waals surface area contributed by atoms with Crippen LogP contribution < -0.4 is 0 Å². The predicted octanol–water partition coefficient (Wildman–Crippen LogP) is 13.2. The number of esters is 2. The lowest BCUT2D eigenvalue weighted by molar-refractivity contribution is -0.870. The van der Waals surface area contributed by atoms with E-state index in [1.54, 1.807) is 0 Å². The zero-order valence-electron chi connectivity index (χ0n) is 37.8. The molecule has 1 N–H and O–H groups in total. The molecule has 0 heterocycles. The number of allylic oxidation sites excluding steroid dienone is 10. The van der Waals surface area contributed by atoms with Crippen molar-refractivity contribution in [2.24, 2.45) is 0 Å². The van der Waals surface area contributed by atoms with E-state index >= 15 is 0 Å². The predicted molar refractivity (Wildman–Crippen MR) is 243 cm³/mol. The van der Waals surface area contributed by atoms with E-state index < -0.39 is 26.5 Å². The Morgan fingerprint density at radius 3 is 1.48 bits per heavy atom. The molecule has 58 heavy (non-hydrogen) atoms. The SMILES string of the molecule is CCC/C=C/C/C=C/C/C=C/C/C=C/CCCCCC(=O)O[C@H](COC(=O)CCCCCCCCCCC/C=C/CCCCCC)COP(=O)(O)OCC[N+](C)(C)C. The quantitative estimate of drug-likeness (QED) is 0.0213. The summed E-state index contributed by atoms with van der Waals surface area (Å²) in [7, 11) is 1.45. The van der Waals surface area contributed by atoms with Crippen LogP contribution in [0.2, 0.25) is 0 Å². The number of hydrogen-bond donors (Lipinski definition) is 1.